The number of nitrogens with one attached hydrogen (secondary N) is 5. The van der Waals surface area contributed by atoms with Crippen LogP contribution >= 0.6 is 24.0 Å². The summed E-state index contributed by atoms with van der Waals surface area (Å²) in [6.45, 7) is 10.8. The van der Waals surface area contributed by atoms with Gasteiger partial charge < -0.3 is 31.3 Å². The number of ether oxygens (including phenoxy) is 1. The van der Waals surface area contributed by atoms with E-state index in [2.05, 4.69) is 31.6 Å². The average molecular weight is 534 g/mol. The smallest absolute Gasteiger partial charge is 0.407 e. The van der Waals surface area contributed by atoms with E-state index >= 15 is 0 Å². The molecule has 0 heterocycles. The van der Waals surface area contributed by atoms with Crippen LogP contribution in [0, 0.1) is 0 Å². The summed E-state index contributed by atoms with van der Waals surface area (Å²) in [5, 5.41) is 14.5. The van der Waals surface area contributed by atoms with Gasteiger partial charge in [0.05, 0.1) is 0 Å². The quantitative estimate of drug-likeness (QED) is 0.160. The molecule has 0 aliphatic carbocycles. The number of benzene rings is 1. The molecule has 0 bridgehead atoms. The van der Waals surface area contributed by atoms with Gasteiger partial charge in [0.25, 0.3) is 0 Å². The minimum atomic E-state index is -0.515. The average Bonchev–Trinajstić information content (AvgIpc) is 2.60. The van der Waals surface area contributed by atoms with Crippen molar-refractivity contribution in [1.29, 1.82) is 0 Å². The summed E-state index contributed by atoms with van der Waals surface area (Å²) in [7, 11) is 1.68. The van der Waals surface area contributed by atoms with E-state index in [1.165, 1.54) is 0 Å². The van der Waals surface area contributed by atoms with Crippen LogP contribution < -0.4 is 26.6 Å². The van der Waals surface area contributed by atoms with Gasteiger partial charge in [-0.1, -0.05) is 12.1 Å². The Labute approximate surface area is 196 Å². The van der Waals surface area contributed by atoms with Crippen molar-refractivity contribution in [3.63, 3.8) is 0 Å². The van der Waals surface area contributed by atoms with E-state index in [0.29, 0.717) is 25.6 Å². The standard InChI is InChI=1S/C20H34N6O3.HI/c1-14(2)25-18(27)26-16-9-7-15(8-10-16)13-24-17(21-6)22-11-12-23-19(28)29-20(3,4)5;/h7-10,14H,11-13H2,1-6H3,(H,23,28)(H2,21,22,24)(H2,25,26,27);1H. The van der Waals surface area contributed by atoms with Crippen LogP contribution in [-0.2, 0) is 11.3 Å². The Morgan fingerprint density at radius 1 is 1.03 bits per heavy atom. The van der Waals surface area contributed by atoms with E-state index in [1.807, 2.05) is 58.9 Å². The third kappa shape index (κ3) is 13.1. The molecule has 0 saturated carbocycles. The number of anilines is 1. The van der Waals surface area contributed by atoms with E-state index in [0.717, 1.165) is 11.3 Å². The van der Waals surface area contributed by atoms with Gasteiger partial charge in [-0.2, -0.15) is 0 Å². The predicted octanol–water partition coefficient (Wildman–Crippen LogP) is 3.02. The lowest BCUT2D eigenvalue weighted by molar-refractivity contribution is 0.0529. The number of alkyl carbamates (subject to hydrolysis) is 1. The predicted molar refractivity (Wildman–Crippen MR) is 132 cm³/mol. The second-order valence-electron chi connectivity index (χ2n) is 7.73. The third-order valence-corrected chi connectivity index (χ3v) is 3.40. The molecule has 170 valence electrons. The van der Waals surface area contributed by atoms with Crippen molar-refractivity contribution < 1.29 is 14.3 Å². The van der Waals surface area contributed by atoms with Gasteiger partial charge >= 0.3 is 12.1 Å². The fourth-order valence-corrected chi connectivity index (χ4v) is 2.20. The Kier molecular flexibility index (Phi) is 12.8. The monoisotopic (exact) mass is 534 g/mol. The molecule has 0 aromatic heterocycles. The van der Waals surface area contributed by atoms with Crippen molar-refractivity contribution in [2.24, 2.45) is 4.99 Å². The van der Waals surface area contributed by atoms with Gasteiger partial charge in [-0.25, -0.2) is 9.59 Å². The minimum absolute atomic E-state index is 0. The molecule has 1 rings (SSSR count). The highest BCUT2D eigenvalue weighted by Crippen LogP contribution is 2.09. The summed E-state index contributed by atoms with van der Waals surface area (Å²) in [6.07, 6.45) is -0.446. The zero-order valence-electron chi connectivity index (χ0n) is 18.6. The van der Waals surface area contributed by atoms with E-state index < -0.39 is 11.7 Å². The van der Waals surface area contributed by atoms with Crippen molar-refractivity contribution in [3.05, 3.63) is 29.8 Å². The number of guanidine groups is 1. The molecule has 1 aromatic rings. The zero-order valence-corrected chi connectivity index (χ0v) is 20.9. The van der Waals surface area contributed by atoms with Crippen LogP contribution in [0.3, 0.4) is 0 Å². The molecule has 5 N–H and O–H groups in total. The van der Waals surface area contributed by atoms with Crippen LogP contribution in [0.5, 0.6) is 0 Å². The molecule has 0 unspecified atom stereocenters. The number of hydrogen-bond acceptors (Lipinski definition) is 4. The first kappa shape index (κ1) is 27.8. The fourth-order valence-electron chi connectivity index (χ4n) is 2.20. The molecular formula is C20H35IN6O3. The molecule has 0 fully saturated rings. The summed E-state index contributed by atoms with van der Waals surface area (Å²) < 4.78 is 5.17. The Hall–Kier alpha value is -2.24. The van der Waals surface area contributed by atoms with Gasteiger partial charge in [-0.3, -0.25) is 4.99 Å². The maximum atomic E-state index is 11.7. The molecular weight excluding hydrogens is 499 g/mol. The molecule has 0 aliphatic heterocycles. The lowest BCUT2D eigenvalue weighted by atomic mass is 10.2. The Morgan fingerprint density at radius 2 is 1.63 bits per heavy atom. The summed E-state index contributed by atoms with van der Waals surface area (Å²) in [4.78, 5) is 27.4. The van der Waals surface area contributed by atoms with Crippen molar-refractivity contribution in [1.82, 2.24) is 21.3 Å². The number of nitrogens with zero attached hydrogens (tertiary/aromatic N) is 1. The number of hydrogen-bond donors (Lipinski definition) is 5. The molecule has 30 heavy (non-hydrogen) atoms. The molecule has 3 amide bonds. The van der Waals surface area contributed by atoms with Gasteiger partial charge in [0, 0.05) is 38.4 Å². The van der Waals surface area contributed by atoms with E-state index in [-0.39, 0.29) is 36.0 Å². The van der Waals surface area contributed by atoms with Crippen LogP contribution in [-0.4, -0.2) is 49.9 Å². The summed E-state index contributed by atoms with van der Waals surface area (Å²) in [6, 6.07) is 7.40. The van der Waals surface area contributed by atoms with Crippen LogP contribution in [0.25, 0.3) is 0 Å². The minimum Gasteiger partial charge on any atom is -0.444 e. The van der Waals surface area contributed by atoms with Crippen LogP contribution in [0.15, 0.2) is 29.3 Å². The van der Waals surface area contributed by atoms with E-state index in [9.17, 15) is 9.59 Å². The number of halogens is 1. The topological polar surface area (TPSA) is 116 Å². The van der Waals surface area contributed by atoms with Gasteiger partial charge in [0.2, 0.25) is 0 Å². The van der Waals surface area contributed by atoms with Crippen molar-refractivity contribution in [2.45, 2.75) is 52.8 Å². The maximum Gasteiger partial charge on any atom is 0.407 e. The largest absolute Gasteiger partial charge is 0.444 e. The molecule has 9 nitrogen and oxygen atoms in total. The number of aliphatic imine (C=N–C) groups is 1. The van der Waals surface area contributed by atoms with Crippen LogP contribution in [0.2, 0.25) is 0 Å². The molecule has 0 saturated heterocycles. The first-order chi connectivity index (χ1) is 13.6. The molecule has 0 aliphatic rings. The third-order valence-electron chi connectivity index (χ3n) is 3.40. The van der Waals surface area contributed by atoms with Gasteiger partial charge in [0.1, 0.15) is 5.60 Å². The first-order valence-electron chi connectivity index (χ1n) is 9.67. The number of carbonyl (C=O) groups excluding carboxylic acids is 2. The van der Waals surface area contributed by atoms with Gasteiger partial charge in [-0.05, 0) is 52.3 Å². The number of rotatable bonds is 7. The normalized spacial score (nSPS) is 11.2. The Morgan fingerprint density at radius 3 is 2.17 bits per heavy atom. The lowest BCUT2D eigenvalue weighted by Gasteiger charge is -2.20. The second-order valence-corrected chi connectivity index (χ2v) is 7.73. The first-order valence-corrected chi connectivity index (χ1v) is 9.67. The summed E-state index contributed by atoms with van der Waals surface area (Å²) in [5.74, 6) is 0.620. The number of amides is 3. The van der Waals surface area contributed by atoms with Crippen molar-refractivity contribution in [2.75, 3.05) is 25.5 Å². The van der Waals surface area contributed by atoms with E-state index in [1.54, 1.807) is 7.05 Å². The highest BCUT2D eigenvalue weighted by molar-refractivity contribution is 14.0. The SMILES string of the molecule is CN=C(NCCNC(=O)OC(C)(C)C)NCc1ccc(NC(=O)NC(C)C)cc1.I. The zero-order chi connectivity index (χ0) is 21.9. The summed E-state index contributed by atoms with van der Waals surface area (Å²) >= 11 is 0. The fraction of sp³-hybridized carbons (Fsp3) is 0.550. The maximum absolute atomic E-state index is 11.7. The molecule has 0 spiro atoms. The number of urea groups is 1. The van der Waals surface area contributed by atoms with Crippen LogP contribution in [0.4, 0.5) is 15.3 Å². The molecule has 0 radical (unpaired) electrons. The molecule has 0 atom stereocenters. The van der Waals surface area contributed by atoms with Crippen molar-refractivity contribution in [3.8, 4) is 0 Å². The number of carbonyl (C=O) groups is 2. The summed E-state index contributed by atoms with van der Waals surface area (Å²) in [5.41, 5.74) is 1.25. The van der Waals surface area contributed by atoms with Gasteiger partial charge in [0.15, 0.2) is 5.96 Å². The lowest BCUT2D eigenvalue weighted by Crippen LogP contribution is -2.42. The molecule has 1 aromatic carbocycles. The highest BCUT2D eigenvalue weighted by Gasteiger charge is 2.15. The van der Waals surface area contributed by atoms with Crippen LogP contribution in [0.1, 0.15) is 40.2 Å². The highest BCUT2D eigenvalue weighted by atomic mass is 127. The second kappa shape index (κ2) is 13.9. The Bertz CT molecular complexity index is 687. The molecule has 10 heteroatoms. The van der Waals surface area contributed by atoms with Crippen molar-refractivity contribution >= 4 is 47.7 Å². The Balaban J connectivity index is 0.00000841. The van der Waals surface area contributed by atoms with Gasteiger partial charge in [-0.15, -0.1) is 24.0 Å². The van der Waals surface area contributed by atoms with E-state index in [4.69, 9.17) is 4.74 Å².